The molecule has 2 aliphatic rings. The summed E-state index contributed by atoms with van der Waals surface area (Å²) in [7, 11) is -3.66. The number of H-pyrrole nitrogens is 1. The molecule has 0 spiro atoms. The van der Waals surface area contributed by atoms with E-state index in [-0.39, 0.29) is 22.6 Å². The molecule has 8 nitrogen and oxygen atoms in total. The molecule has 0 unspecified atom stereocenters. The van der Waals surface area contributed by atoms with Crippen LogP contribution >= 0.6 is 0 Å². The number of benzene rings is 1. The zero-order chi connectivity index (χ0) is 23.9. The Labute approximate surface area is 198 Å². The van der Waals surface area contributed by atoms with Crippen LogP contribution in [0.25, 0.3) is 16.6 Å². The molecule has 2 aliphatic heterocycles. The number of pyridine rings is 1. The SMILES string of the molecule is CC[C@H](C)[C@H](N=C1NS(=O)(=O)c2ccccc21)C(=O)N1CC=C(c2c[nH]c3ncccc23)CC1. The number of carbonyl (C=O) groups is 1. The largest absolute Gasteiger partial charge is 0.346 e. The molecule has 1 aromatic carbocycles. The standard InChI is InChI=1S/C25H27N5O3S/c1-3-16(2)22(28-24-19-7-4-5-9-21(19)34(32,33)29-24)25(31)30-13-10-17(11-14-30)20-15-27-23-18(20)8-6-12-26-23/h4-10,12,15-16,22H,3,11,13-14H2,1-2H3,(H,26,27)(H,28,29)/t16-,22-/m0/s1. The Morgan fingerprint density at radius 1 is 1.21 bits per heavy atom. The van der Waals surface area contributed by atoms with Gasteiger partial charge in [0.05, 0.1) is 4.90 Å². The number of nitrogens with one attached hydrogen (secondary N) is 2. The van der Waals surface area contributed by atoms with Crippen LogP contribution in [0.15, 0.2) is 64.8 Å². The lowest BCUT2D eigenvalue weighted by atomic mass is 9.95. The minimum Gasteiger partial charge on any atom is -0.346 e. The average molecular weight is 478 g/mol. The Bertz CT molecular complexity index is 1420. The van der Waals surface area contributed by atoms with Gasteiger partial charge in [-0.2, -0.15) is 0 Å². The lowest BCUT2D eigenvalue weighted by molar-refractivity contribution is -0.133. The number of nitrogens with zero attached hydrogens (tertiary/aromatic N) is 3. The van der Waals surface area contributed by atoms with Gasteiger partial charge < -0.3 is 9.88 Å². The number of rotatable bonds is 5. The highest BCUT2D eigenvalue weighted by Crippen LogP contribution is 2.30. The van der Waals surface area contributed by atoms with E-state index in [4.69, 9.17) is 0 Å². The summed E-state index contributed by atoms with van der Waals surface area (Å²) in [6.45, 7) is 5.06. The molecular formula is C25H27N5O3S. The Hall–Kier alpha value is -3.46. The highest BCUT2D eigenvalue weighted by Gasteiger charge is 2.34. The van der Waals surface area contributed by atoms with E-state index in [2.05, 4.69) is 25.8 Å². The molecular weight excluding hydrogens is 450 g/mol. The summed E-state index contributed by atoms with van der Waals surface area (Å²) in [5.74, 6) is 0.123. The van der Waals surface area contributed by atoms with Crippen molar-refractivity contribution in [2.75, 3.05) is 13.1 Å². The van der Waals surface area contributed by atoms with E-state index in [9.17, 15) is 13.2 Å². The fraction of sp³-hybridized carbons (Fsp3) is 0.320. The molecule has 1 amide bonds. The maximum absolute atomic E-state index is 13.6. The molecule has 3 aromatic rings. The number of fused-ring (bicyclic) bond motifs is 2. The van der Waals surface area contributed by atoms with Gasteiger partial charge in [0.2, 0.25) is 5.91 Å². The minimum atomic E-state index is -3.66. The summed E-state index contributed by atoms with van der Waals surface area (Å²) in [5.41, 5.74) is 3.67. The normalized spacial score (nSPS) is 20.0. The summed E-state index contributed by atoms with van der Waals surface area (Å²) in [5, 5.41) is 1.07. The van der Waals surface area contributed by atoms with E-state index < -0.39 is 16.1 Å². The van der Waals surface area contributed by atoms with Gasteiger partial charge in [0.25, 0.3) is 10.0 Å². The Morgan fingerprint density at radius 3 is 2.79 bits per heavy atom. The molecule has 9 heteroatoms. The third-order valence-electron chi connectivity index (χ3n) is 6.68. The first-order valence-corrected chi connectivity index (χ1v) is 13.0. The number of aromatic nitrogens is 2. The summed E-state index contributed by atoms with van der Waals surface area (Å²) in [6, 6.07) is 10.0. The number of carbonyl (C=O) groups excluding carboxylic acids is 1. The van der Waals surface area contributed by atoms with Crippen molar-refractivity contribution >= 4 is 38.4 Å². The smallest absolute Gasteiger partial charge is 0.263 e. The fourth-order valence-electron chi connectivity index (χ4n) is 4.54. The summed E-state index contributed by atoms with van der Waals surface area (Å²) < 4.78 is 27.5. The molecule has 0 aliphatic carbocycles. The van der Waals surface area contributed by atoms with Crippen molar-refractivity contribution in [1.29, 1.82) is 0 Å². The van der Waals surface area contributed by atoms with Crippen LogP contribution in [0.4, 0.5) is 0 Å². The molecule has 2 aromatic heterocycles. The summed E-state index contributed by atoms with van der Waals surface area (Å²) in [6.07, 6.45) is 7.30. The first-order chi connectivity index (χ1) is 16.4. The van der Waals surface area contributed by atoms with Crippen LogP contribution < -0.4 is 4.72 Å². The molecule has 0 radical (unpaired) electrons. The van der Waals surface area contributed by atoms with Crippen molar-refractivity contribution < 1.29 is 13.2 Å². The number of aliphatic imine (C=N–C) groups is 1. The zero-order valence-corrected chi connectivity index (χ0v) is 20.0. The highest BCUT2D eigenvalue weighted by molar-refractivity contribution is 7.90. The van der Waals surface area contributed by atoms with Crippen molar-refractivity contribution in [2.24, 2.45) is 10.9 Å². The van der Waals surface area contributed by atoms with Gasteiger partial charge in [0.15, 0.2) is 0 Å². The van der Waals surface area contributed by atoms with Crippen LogP contribution in [0, 0.1) is 5.92 Å². The molecule has 0 saturated heterocycles. The van der Waals surface area contributed by atoms with Crippen LogP contribution in [-0.4, -0.2) is 54.2 Å². The number of amides is 1. The Balaban J connectivity index is 1.41. The van der Waals surface area contributed by atoms with Crippen LogP contribution in [0.3, 0.4) is 0 Å². The second-order valence-corrected chi connectivity index (χ2v) is 10.4. The molecule has 2 atom stereocenters. The van der Waals surface area contributed by atoms with Gasteiger partial charge >= 0.3 is 0 Å². The molecule has 0 saturated carbocycles. The van der Waals surface area contributed by atoms with E-state index >= 15 is 0 Å². The van der Waals surface area contributed by atoms with Gasteiger partial charge in [-0.25, -0.2) is 13.4 Å². The highest BCUT2D eigenvalue weighted by atomic mass is 32.2. The van der Waals surface area contributed by atoms with Crippen molar-refractivity contribution in [3.05, 3.63) is 66.0 Å². The predicted molar refractivity (Wildman–Crippen MR) is 132 cm³/mol. The number of amidine groups is 1. The van der Waals surface area contributed by atoms with Crippen LogP contribution in [0.2, 0.25) is 0 Å². The summed E-state index contributed by atoms with van der Waals surface area (Å²) >= 11 is 0. The van der Waals surface area contributed by atoms with Crippen LogP contribution in [0.5, 0.6) is 0 Å². The number of aromatic amines is 1. The number of sulfonamides is 1. The van der Waals surface area contributed by atoms with Gasteiger partial charge in [0.1, 0.15) is 17.5 Å². The number of hydrogen-bond acceptors (Lipinski definition) is 5. The van der Waals surface area contributed by atoms with Gasteiger partial charge in [-0.15, -0.1) is 0 Å². The second-order valence-electron chi connectivity index (χ2n) is 8.78. The van der Waals surface area contributed by atoms with Crippen LogP contribution in [-0.2, 0) is 14.8 Å². The van der Waals surface area contributed by atoms with Crippen molar-refractivity contribution in [2.45, 2.75) is 37.6 Å². The fourth-order valence-corrected chi connectivity index (χ4v) is 5.78. The molecule has 0 bridgehead atoms. The molecule has 0 fully saturated rings. The second kappa shape index (κ2) is 8.72. The topological polar surface area (TPSA) is 108 Å². The lowest BCUT2D eigenvalue weighted by Crippen LogP contribution is -2.44. The molecule has 176 valence electrons. The lowest BCUT2D eigenvalue weighted by Gasteiger charge is -2.31. The van der Waals surface area contributed by atoms with E-state index in [0.717, 1.165) is 29.4 Å². The number of hydrogen-bond donors (Lipinski definition) is 2. The molecule has 34 heavy (non-hydrogen) atoms. The summed E-state index contributed by atoms with van der Waals surface area (Å²) in [4.78, 5) is 27.8. The van der Waals surface area contributed by atoms with E-state index in [1.807, 2.05) is 37.1 Å². The third kappa shape index (κ3) is 3.90. The van der Waals surface area contributed by atoms with E-state index in [1.54, 1.807) is 30.5 Å². The maximum atomic E-state index is 13.6. The van der Waals surface area contributed by atoms with Gasteiger partial charge in [0, 0.05) is 42.0 Å². The monoisotopic (exact) mass is 477 g/mol. The molecule has 2 N–H and O–H groups in total. The van der Waals surface area contributed by atoms with E-state index in [0.29, 0.717) is 18.7 Å². The third-order valence-corrected chi connectivity index (χ3v) is 8.08. The molecule has 5 rings (SSSR count). The van der Waals surface area contributed by atoms with Gasteiger partial charge in [-0.1, -0.05) is 38.5 Å². The van der Waals surface area contributed by atoms with Gasteiger partial charge in [-0.05, 0) is 42.2 Å². The Kier molecular flexibility index (Phi) is 5.73. The minimum absolute atomic E-state index is 0.0395. The average Bonchev–Trinajstić information content (AvgIpc) is 3.40. The quantitative estimate of drug-likeness (QED) is 0.588. The molecule has 4 heterocycles. The van der Waals surface area contributed by atoms with Gasteiger partial charge in [-0.3, -0.25) is 14.5 Å². The first-order valence-electron chi connectivity index (χ1n) is 11.5. The van der Waals surface area contributed by atoms with Crippen LogP contribution in [0.1, 0.15) is 37.8 Å². The van der Waals surface area contributed by atoms with E-state index in [1.165, 1.54) is 5.57 Å². The Morgan fingerprint density at radius 2 is 2.03 bits per heavy atom. The zero-order valence-electron chi connectivity index (χ0n) is 19.2. The maximum Gasteiger partial charge on any atom is 0.263 e. The van der Waals surface area contributed by atoms with Crippen molar-refractivity contribution in [1.82, 2.24) is 19.6 Å². The van der Waals surface area contributed by atoms with Crippen molar-refractivity contribution in [3.63, 3.8) is 0 Å². The first kappa shape index (κ1) is 22.3. The van der Waals surface area contributed by atoms with Crippen molar-refractivity contribution in [3.8, 4) is 0 Å². The predicted octanol–water partition coefficient (Wildman–Crippen LogP) is 3.33.